The minimum Gasteiger partial charge on any atom is -0.352 e. The minimum absolute atomic E-state index is 0.574. The maximum absolute atomic E-state index is 4.64. The number of aryl methyl sites for hydroxylation is 2. The second-order valence-corrected chi connectivity index (χ2v) is 5.04. The molecule has 1 atom stereocenters. The first-order chi connectivity index (χ1) is 7.72. The summed E-state index contributed by atoms with van der Waals surface area (Å²) >= 11 is 3.59. The molecule has 0 N–H and O–H groups in total. The van der Waals surface area contributed by atoms with Gasteiger partial charge < -0.3 is 4.90 Å². The van der Waals surface area contributed by atoms with Gasteiger partial charge in [-0.25, -0.2) is 4.98 Å². The number of hydrogen-bond donors (Lipinski definition) is 0. The first-order valence-corrected chi connectivity index (χ1v) is 6.97. The van der Waals surface area contributed by atoms with Crippen LogP contribution in [0.4, 0.5) is 5.82 Å². The van der Waals surface area contributed by atoms with E-state index in [-0.39, 0.29) is 0 Å². The van der Waals surface area contributed by atoms with E-state index in [2.05, 4.69) is 30.8 Å². The molecule has 1 aliphatic heterocycles. The van der Waals surface area contributed by atoms with E-state index in [1.54, 1.807) is 0 Å². The quantitative estimate of drug-likeness (QED) is 0.782. The Bertz CT molecular complexity index is 367. The molecule has 2 heterocycles. The van der Waals surface area contributed by atoms with E-state index in [1.165, 1.54) is 19.3 Å². The van der Waals surface area contributed by atoms with Crippen LogP contribution in [0.15, 0.2) is 6.20 Å². The Morgan fingerprint density at radius 1 is 1.38 bits per heavy atom. The van der Waals surface area contributed by atoms with Gasteiger partial charge in [0.25, 0.3) is 0 Å². The van der Waals surface area contributed by atoms with Crippen LogP contribution in [0.5, 0.6) is 0 Å². The van der Waals surface area contributed by atoms with E-state index in [0.717, 1.165) is 29.1 Å². The van der Waals surface area contributed by atoms with Crippen LogP contribution in [-0.4, -0.2) is 27.9 Å². The van der Waals surface area contributed by atoms with E-state index in [0.29, 0.717) is 6.04 Å². The molecule has 0 aliphatic carbocycles. The smallest absolute Gasteiger partial charge is 0.147 e. The molecule has 88 valence electrons. The number of alkyl halides is 1. The van der Waals surface area contributed by atoms with Gasteiger partial charge in [0.15, 0.2) is 0 Å². The molecule has 16 heavy (non-hydrogen) atoms. The maximum Gasteiger partial charge on any atom is 0.147 e. The molecule has 2 rings (SSSR count). The van der Waals surface area contributed by atoms with Crippen LogP contribution in [0.2, 0.25) is 0 Å². The van der Waals surface area contributed by atoms with Crippen molar-refractivity contribution < 1.29 is 0 Å². The van der Waals surface area contributed by atoms with Crippen molar-refractivity contribution in [3.8, 4) is 0 Å². The summed E-state index contributed by atoms with van der Waals surface area (Å²) in [6.45, 7) is 5.14. The molecule has 1 aromatic rings. The summed E-state index contributed by atoms with van der Waals surface area (Å²) in [5, 5.41) is 1.02. The standard InChI is InChI=1S/C12H18BrN3/c1-9-10(2)15-12(8-14-9)16-6-4-3-5-11(16)7-13/h8,11H,3-7H2,1-2H3. The molecular formula is C12H18BrN3. The topological polar surface area (TPSA) is 29.0 Å². The highest BCUT2D eigenvalue weighted by molar-refractivity contribution is 9.09. The predicted octanol–water partition coefficient (Wildman–Crippen LogP) is 2.85. The first-order valence-electron chi connectivity index (χ1n) is 5.85. The highest BCUT2D eigenvalue weighted by Crippen LogP contribution is 2.24. The van der Waals surface area contributed by atoms with Crippen LogP contribution < -0.4 is 4.90 Å². The van der Waals surface area contributed by atoms with Crippen molar-refractivity contribution in [3.63, 3.8) is 0 Å². The lowest BCUT2D eigenvalue weighted by molar-refractivity contribution is 0.486. The monoisotopic (exact) mass is 283 g/mol. The lowest BCUT2D eigenvalue weighted by Gasteiger charge is -2.35. The molecule has 0 saturated carbocycles. The van der Waals surface area contributed by atoms with Crippen LogP contribution in [0, 0.1) is 13.8 Å². The van der Waals surface area contributed by atoms with Gasteiger partial charge in [-0.15, -0.1) is 0 Å². The maximum atomic E-state index is 4.64. The van der Waals surface area contributed by atoms with Gasteiger partial charge in [0.2, 0.25) is 0 Å². The van der Waals surface area contributed by atoms with Gasteiger partial charge in [-0.1, -0.05) is 15.9 Å². The lowest BCUT2D eigenvalue weighted by atomic mass is 10.0. The zero-order valence-corrected chi connectivity index (χ0v) is 11.5. The SMILES string of the molecule is Cc1ncc(N2CCCCC2CBr)nc1C. The largest absolute Gasteiger partial charge is 0.352 e. The Labute approximate surface area is 105 Å². The van der Waals surface area contributed by atoms with Gasteiger partial charge in [0.1, 0.15) is 5.82 Å². The molecule has 1 unspecified atom stereocenters. The van der Waals surface area contributed by atoms with Crippen molar-refractivity contribution in [2.45, 2.75) is 39.2 Å². The zero-order valence-electron chi connectivity index (χ0n) is 9.91. The fourth-order valence-electron chi connectivity index (χ4n) is 2.13. The molecule has 0 radical (unpaired) electrons. The fourth-order valence-corrected chi connectivity index (χ4v) is 2.80. The van der Waals surface area contributed by atoms with Crippen LogP contribution in [-0.2, 0) is 0 Å². The van der Waals surface area contributed by atoms with Crippen molar-refractivity contribution >= 4 is 21.7 Å². The summed E-state index contributed by atoms with van der Waals surface area (Å²) in [5.41, 5.74) is 2.06. The van der Waals surface area contributed by atoms with Gasteiger partial charge >= 0.3 is 0 Å². The molecule has 3 nitrogen and oxygen atoms in total. The molecule has 1 aliphatic rings. The Balaban J connectivity index is 2.23. The van der Waals surface area contributed by atoms with Gasteiger partial charge in [-0.3, -0.25) is 4.98 Å². The average molecular weight is 284 g/mol. The number of hydrogen-bond acceptors (Lipinski definition) is 3. The van der Waals surface area contributed by atoms with Crippen molar-refractivity contribution in [1.82, 2.24) is 9.97 Å². The number of halogens is 1. The van der Waals surface area contributed by atoms with Crippen molar-refractivity contribution in [2.75, 3.05) is 16.8 Å². The fraction of sp³-hybridized carbons (Fsp3) is 0.667. The Morgan fingerprint density at radius 2 is 2.19 bits per heavy atom. The van der Waals surface area contributed by atoms with E-state index in [9.17, 15) is 0 Å². The minimum atomic E-state index is 0.574. The summed E-state index contributed by atoms with van der Waals surface area (Å²) < 4.78 is 0. The summed E-state index contributed by atoms with van der Waals surface area (Å²) in [5.74, 6) is 1.03. The van der Waals surface area contributed by atoms with Crippen molar-refractivity contribution in [1.29, 1.82) is 0 Å². The summed E-state index contributed by atoms with van der Waals surface area (Å²) in [6.07, 6.45) is 5.74. The molecule has 0 bridgehead atoms. The highest BCUT2D eigenvalue weighted by Gasteiger charge is 2.22. The normalized spacial score (nSPS) is 21.2. The van der Waals surface area contributed by atoms with E-state index in [4.69, 9.17) is 0 Å². The van der Waals surface area contributed by atoms with E-state index in [1.807, 2.05) is 20.0 Å². The number of piperidine rings is 1. The van der Waals surface area contributed by atoms with E-state index >= 15 is 0 Å². The molecular weight excluding hydrogens is 266 g/mol. The number of aromatic nitrogens is 2. The molecule has 0 spiro atoms. The van der Waals surface area contributed by atoms with Crippen LogP contribution >= 0.6 is 15.9 Å². The molecule has 0 aromatic carbocycles. The predicted molar refractivity (Wildman–Crippen MR) is 70.3 cm³/mol. The lowest BCUT2D eigenvalue weighted by Crippen LogP contribution is -2.41. The average Bonchev–Trinajstić information content (AvgIpc) is 2.32. The highest BCUT2D eigenvalue weighted by atomic mass is 79.9. The Kier molecular flexibility index (Phi) is 3.79. The number of anilines is 1. The molecule has 0 amide bonds. The summed E-state index contributed by atoms with van der Waals surface area (Å²) in [4.78, 5) is 11.4. The van der Waals surface area contributed by atoms with E-state index < -0.39 is 0 Å². The van der Waals surface area contributed by atoms with Crippen LogP contribution in [0.3, 0.4) is 0 Å². The number of nitrogens with zero attached hydrogens (tertiary/aromatic N) is 3. The van der Waals surface area contributed by atoms with Crippen LogP contribution in [0.25, 0.3) is 0 Å². The summed E-state index contributed by atoms with van der Waals surface area (Å²) in [6, 6.07) is 0.574. The third-order valence-corrected chi connectivity index (χ3v) is 4.03. The summed E-state index contributed by atoms with van der Waals surface area (Å²) in [7, 11) is 0. The second-order valence-electron chi connectivity index (χ2n) is 4.40. The van der Waals surface area contributed by atoms with Gasteiger partial charge in [-0.05, 0) is 33.1 Å². The third-order valence-electron chi connectivity index (χ3n) is 3.28. The second kappa shape index (κ2) is 5.13. The molecule has 1 aromatic heterocycles. The third kappa shape index (κ3) is 2.37. The van der Waals surface area contributed by atoms with Gasteiger partial charge in [-0.2, -0.15) is 0 Å². The van der Waals surface area contributed by atoms with Crippen molar-refractivity contribution in [2.24, 2.45) is 0 Å². The molecule has 1 saturated heterocycles. The molecule has 1 fully saturated rings. The Morgan fingerprint density at radius 3 is 2.88 bits per heavy atom. The first kappa shape index (κ1) is 11.8. The van der Waals surface area contributed by atoms with Gasteiger partial charge in [0, 0.05) is 17.9 Å². The number of rotatable bonds is 2. The molecule has 4 heteroatoms. The zero-order chi connectivity index (χ0) is 11.5. The van der Waals surface area contributed by atoms with Crippen molar-refractivity contribution in [3.05, 3.63) is 17.6 Å². The van der Waals surface area contributed by atoms with Crippen LogP contribution in [0.1, 0.15) is 30.7 Å². The Hall–Kier alpha value is -0.640. The van der Waals surface area contributed by atoms with Gasteiger partial charge in [0.05, 0.1) is 17.6 Å².